The van der Waals surface area contributed by atoms with E-state index >= 15 is 0 Å². The molecule has 1 aromatic carbocycles. The van der Waals surface area contributed by atoms with Crippen LogP contribution in [0.25, 0.3) is 11.3 Å². The van der Waals surface area contributed by atoms with E-state index in [0.29, 0.717) is 17.3 Å². The fourth-order valence-electron chi connectivity index (χ4n) is 1.99. The number of H-pyrrole nitrogens is 1. The Balaban J connectivity index is 2.75. The summed E-state index contributed by atoms with van der Waals surface area (Å²) in [6, 6.07) is 3.73. The zero-order chi connectivity index (χ0) is 14.0. The van der Waals surface area contributed by atoms with Crippen molar-refractivity contribution in [3.05, 3.63) is 22.2 Å². The molecule has 0 saturated carbocycles. The van der Waals surface area contributed by atoms with Crippen LogP contribution in [0.4, 0.5) is 5.82 Å². The monoisotopic (exact) mass is 325 g/mol. The Morgan fingerprint density at radius 1 is 1.32 bits per heavy atom. The third-order valence-electron chi connectivity index (χ3n) is 2.93. The van der Waals surface area contributed by atoms with Crippen LogP contribution in [0.5, 0.6) is 11.5 Å². The van der Waals surface area contributed by atoms with E-state index in [1.807, 2.05) is 6.07 Å². The Morgan fingerprint density at radius 2 is 2.05 bits per heavy atom. The summed E-state index contributed by atoms with van der Waals surface area (Å²) in [6.45, 7) is 2.08. The highest BCUT2D eigenvalue weighted by molar-refractivity contribution is 9.10. The first-order chi connectivity index (χ1) is 9.12. The van der Waals surface area contributed by atoms with Crippen molar-refractivity contribution in [2.75, 3.05) is 20.0 Å². The highest BCUT2D eigenvalue weighted by Gasteiger charge is 2.20. The topological polar surface area (TPSA) is 73.2 Å². The van der Waals surface area contributed by atoms with Crippen LogP contribution < -0.4 is 15.2 Å². The summed E-state index contributed by atoms with van der Waals surface area (Å²) in [7, 11) is 3.23. The first-order valence-electron chi connectivity index (χ1n) is 5.86. The standard InChI is InChI=1S/C13H16BrN3O2/c1-4-7-5-9(18-2)13(19-3)11(12(7)14)8-6-10(15)17-16-8/h5-6H,4H2,1-3H3,(H3,15,16,17). The minimum Gasteiger partial charge on any atom is -0.493 e. The van der Waals surface area contributed by atoms with Gasteiger partial charge in [-0.3, -0.25) is 5.10 Å². The maximum absolute atomic E-state index is 5.67. The quantitative estimate of drug-likeness (QED) is 0.906. The molecule has 2 rings (SSSR count). The Bertz CT molecular complexity index is 596. The summed E-state index contributed by atoms with van der Waals surface area (Å²) in [5.74, 6) is 1.77. The Morgan fingerprint density at radius 3 is 2.53 bits per heavy atom. The van der Waals surface area contributed by atoms with Crippen LogP contribution in [-0.4, -0.2) is 24.4 Å². The molecule has 0 saturated heterocycles. The van der Waals surface area contributed by atoms with E-state index in [-0.39, 0.29) is 0 Å². The molecule has 1 heterocycles. The van der Waals surface area contributed by atoms with Gasteiger partial charge in [0, 0.05) is 10.5 Å². The number of benzene rings is 1. The van der Waals surface area contributed by atoms with Crippen molar-refractivity contribution in [3.8, 4) is 22.8 Å². The maximum Gasteiger partial charge on any atom is 0.171 e. The molecule has 0 spiro atoms. The van der Waals surface area contributed by atoms with E-state index in [0.717, 1.165) is 27.7 Å². The van der Waals surface area contributed by atoms with Crippen molar-refractivity contribution in [1.82, 2.24) is 10.2 Å². The molecule has 0 atom stereocenters. The number of nitrogens with zero attached hydrogens (tertiary/aromatic N) is 1. The molecule has 19 heavy (non-hydrogen) atoms. The van der Waals surface area contributed by atoms with Crippen LogP contribution in [-0.2, 0) is 6.42 Å². The van der Waals surface area contributed by atoms with E-state index < -0.39 is 0 Å². The molecule has 0 radical (unpaired) electrons. The molecule has 5 nitrogen and oxygen atoms in total. The van der Waals surface area contributed by atoms with E-state index in [9.17, 15) is 0 Å². The number of nitrogens with one attached hydrogen (secondary N) is 1. The number of hydrogen-bond acceptors (Lipinski definition) is 4. The highest BCUT2D eigenvalue weighted by Crippen LogP contribution is 2.44. The van der Waals surface area contributed by atoms with Crippen LogP contribution in [0.3, 0.4) is 0 Å². The van der Waals surface area contributed by atoms with Gasteiger partial charge in [-0.15, -0.1) is 0 Å². The van der Waals surface area contributed by atoms with Crippen molar-refractivity contribution < 1.29 is 9.47 Å². The predicted octanol–water partition coefficient (Wildman–Crippen LogP) is 3.00. The van der Waals surface area contributed by atoms with Gasteiger partial charge in [0.2, 0.25) is 0 Å². The van der Waals surface area contributed by atoms with Crippen molar-refractivity contribution in [3.63, 3.8) is 0 Å². The van der Waals surface area contributed by atoms with Gasteiger partial charge in [-0.1, -0.05) is 6.92 Å². The highest BCUT2D eigenvalue weighted by atomic mass is 79.9. The zero-order valence-corrected chi connectivity index (χ0v) is 12.7. The molecule has 0 fully saturated rings. The number of rotatable bonds is 4. The molecule has 0 aliphatic heterocycles. The molecule has 6 heteroatoms. The van der Waals surface area contributed by atoms with Gasteiger partial charge in [0.25, 0.3) is 0 Å². The van der Waals surface area contributed by atoms with Crippen molar-refractivity contribution in [2.24, 2.45) is 0 Å². The average Bonchev–Trinajstić information content (AvgIpc) is 2.84. The summed E-state index contributed by atoms with van der Waals surface area (Å²) in [5.41, 5.74) is 8.45. The number of aromatic amines is 1. The second kappa shape index (κ2) is 5.52. The van der Waals surface area contributed by atoms with Gasteiger partial charge in [0.15, 0.2) is 11.5 Å². The number of nitrogens with two attached hydrogens (primary N) is 1. The first kappa shape index (κ1) is 13.7. The van der Waals surface area contributed by atoms with Crippen LogP contribution in [0.15, 0.2) is 16.6 Å². The lowest BCUT2D eigenvalue weighted by atomic mass is 10.0. The molecule has 102 valence electrons. The van der Waals surface area contributed by atoms with Gasteiger partial charge in [-0.2, -0.15) is 5.10 Å². The molecule has 0 amide bonds. The zero-order valence-electron chi connectivity index (χ0n) is 11.1. The third kappa shape index (κ3) is 2.40. The van der Waals surface area contributed by atoms with Crippen LogP contribution in [0.2, 0.25) is 0 Å². The van der Waals surface area contributed by atoms with Gasteiger partial charge in [0.05, 0.1) is 25.5 Å². The lowest BCUT2D eigenvalue weighted by Crippen LogP contribution is -1.98. The molecule has 1 aromatic heterocycles. The third-order valence-corrected chi connectivity index (χ3v) is 3.84. The fraction of sp³-hybridized carbons (Fsp3) is 0.308. The van der Waals surface area contributed by atoms with Gasteiger partial charge >= 0.3 is 0 Å². The molecular formula is C13H16BrN3O2. The number of ether oxygens (including phenoxy) is 2. The molecular weight excluding hydrogens is 310 g/mol. The first-order valence-corrected chi connectivity index (χ1v) is 6.66. The fourth-order valence-corrected chi connectivity index (χ4v) is 2.78. The Hall–Kier alpha value is -1.69. The van der Waals surface area contributed by atoms with Crippen LogP contribution >= 0.6 is 15.9 Å². The second-order valence-electron chi connectivity index (χ2n) is 4.02. The normalized spacial score (nSPS) is 10.5. The smallest absolute Gasteiger partial charge is 0.171 e. The molecule has 0 aliphatic carbocycles. The largest absolute Gasteiger partial charge is 0.493 e. The van der Waals surface area contributed by atoms with E-state index in [2.05, 4.69) is 33.1 Å². The number of nitrogen functional groups attached to an aromatic ring is 1. The molecule has 3 N–H and O–H groups in total. The molecule has 2 aromatic rings. The number of halogens is 1. The summed E-state index contributed by atoms with van der Waals surface area (Å²) in [4.78, 5) is 0. The van der Waals surface area contributed by atoms with Crippen molar-refractivity contribution in [2.45, 2.75) is 13.3 Å². The number of aromatic nitrogens is 2. The lowest BCUT2D eigenvalue weighted by molar-refractivity contribution is 0.355. The van der Waals surface area contributed by atoms with Gasteiger partial charge in [-0.05, 0) is 34.0 Å². The summed E-state index contributed by atoms with van der Waals surface area (Å²) in [6.07, 6.45) is 0.873. The molecule has 0 bridgehead atoms. The molecule has 0 unspecified atom stereocenters. The maximum atomic E-state index is 5.67. The van der Waals surface area contributed by atoms with E-state index in [1.54, 1.807) is 20.3 Å². The molecule has 0 aliphatic rings. The minimum absolute atomic E-state index is 0.435. The Labute approximate surface area is 120 Å². The van der Waals surface area contributed by atoms with Crippen molar-refractivity contribution in [1.29, 1.82) is 0 Å². The second-order valence-corrected chi connectivity index (χ2v) is 4.81. The average molecular weight is 326 g/mol. The van der Waals surface area contributed by atoms with Gasteiger partial charge < -0.3 is 15.2 Å². The number of aryl methyl sites for hydroxylation is 1. The number of methoxy groups -OCH3 is 2. The number of hydrogen-bond donors (Lipinski definition) is 2. The summed E-state index contributed by atoms with van der Waals surface area (Å²) in [5, 5.41) is 6.86. The van der Waals surface area contributed by atoms with Gasteiger partial charge in [-0.25, -0.2) is 0 Å². The Kier molecular flexibility index (Phi) is 3.99. The summed E-state index contributed by atoms with van der Waals surface area (Å²) < 4.78 is 11.8. The SMILES string of the molecule is CCc1cc(OC)c(OC)c(-c2cc(N)n[nH]2)c1Br. The lowest BCUT2D eigenvalue weighted by Gasteiger charge is -2.16. The van der Waals surface area contributed by atoms with E-state index in [1.165, 1.54) is 0 Å². The van der Waals surface area contributed by atoms with Crippen LogP contribution in [0, 0.1) is 0 Å². The van der Waals surface area contributed by atoms with Crippen molar-refractivity contribution >= 4 is 21.7 Å². The number of anilines is 1. The van der Waals surface area contributed by atoms with E-state index in [4.69, 9.17) is 15.2 Å². The van der Waals surface area contributed by atoms with Crippen LogP contribution in [0.1, 0.15) is 12.5 Å². The van der Waals surface area contributed by atoms with Gasteiger partial charge in [0.1, 0.15) is 5.82 Å². The summed E-state index contributed by atoms with van der Waals surface area (Å²) >= 11 is 3.62. The predicted molar refractivity (Wildman–Crippen MR) is 78.6 cm³/mol. The minimum atomic E-state index is 0.435.